The predicted molar refractivity (Wildman–Crippen MR) is 75.9 cm³/mol. The first-order chi connectivity index (χ1) is 9.94. The summed E-state index contributed by atoms with van der Waals surface area (Å²) in [5, 5.41) is 11.1. The van der Waals surface area contributed by atoms with Crippen LogP contribution < -0.4 is 5.32 Å². The van der Waals surface area contributed by atoms with Gasteiger partial charge in [0.25, 0.3) is 11.8 Å². The molecule has 1 fully saturated rings. The second kappa shape index (κ2) is 6.17. The summed E-state index contributed by atoms with van der Waals surface area (Å²) in [6.45, 7) is 7.90. The van der Waals surface area contributed by atoms with Gasteiger partial charge in [0.05, 0.1) is 6.04 Å². The Morgan fingerprint density at radius 1 is 1.32 bits per heavy atom. The van der Waals surface area contributed by atoms with E-state index in [1.54, 1.807) is 27.7 Å². The van der Waals surface area contributed by atoms with Crippen LogP contribution in [0.25, 0.3) is 0 Å². The van der Waals surface area contributed by atoms with E-state index < -0.39 is 41.6 Å². The lowest BCUT2D eigenvalue weighted by Gasteiger charge is -2.43. The maximum absolute atomic E-state index is 11.9. The predicted octanol–water partition coefficient (Wildman–Crippen LogP) is 0.668. The standard InChI is InChI=1S/C14H20N2O6/c1-7(12(19)20)6-9(17)16-8(2)10(11(16)18)15-13(21)22-14(3,4)5/h6,8,10H,1-5H3,(H,15,21)(H,19,20)/t8-,10-/m0/s1. The van der Waals surface area contributed by atoms with Gasteiger partial charge in [0, 0.05) is 11.6 Å². The van der Waals surface area contributed by atoms with Gasteiger partial charge in [0.1, 0.15) is 11.6 Å². The van der Waals surface area contributed by atoms with Crippen molar-refractivity contribution in [2.24, 2.45) is 0 Å². The first-order valence-corrected chi connectivity index (χ1v) is 6.72. The molecule has 2 N–H and O–H groups in total. The molecule has 1 aliphatic rings. The van der Waals surface area contributed by atoms with Gasteiger partial charge in [-0.3, -0.25) is 14.5 Å². The number of β-lactam (4-membered cyclic amide) rings is 1. The molecule has 122 valence electrons. The van der Waals surface area contributed by atoms with Crippen LogP contribution in [0.3, 0.4) is 0 Å². The Morgan fingerprint density at radius 3 is 2.27 bits per heavy atom. The highest BCUT2D eigenvalue weighted by molar-refractivity contribution is 6.10. The first-order valence-electron chi connectivity index (χ1n) is 6.72. The fraction of sp³-hybridized carbons (Fsp3) is 0.571. The number of carbonyl (C=O) groups is 4. The largest absolute Gasteiger partial charge is 0.478 e. The third kappa shape index (κ3) is 4.06. The quantitative estimate of drug-likeness (QED) is 0.585. The summed E-state index contributed by atoms with van der Waals surface area (Å²) in [7, 11) is 0. The van der Waals surface area contributed by atoms with E-state index in [2.05, 4.69) is 5.32 Å². The topological polar surface area (TPSA) is 113 Å². The number of hydrogen-bond acceptors (Lipinski definition) is 5. The molecule has 1 saturated heterocycles. The summed E-state index contributed by atoms with van der Waals surface area (Å²) in [5.74, 6) is -2.56. The molecule has 0 spiro atoms. The van der Waals surface area contributed by atoms with Crippen molar-refractivity contribution in [1.29, 1.82) is 0 Å². The number of nitrogens with zero attached hydrogens (tertiary/aromatic N) is 1. The van der Waals surface area contributed by atoms with Crippen molar-refractivity contribution in [2.75, 3.05) is 0 Å². The zero-order chi connectivity index (χ0) is 17.2. The monoisotopic (exact) mass is 312 g/mol. The van der Waals surface area contributed by atoms with Crippen LogP contribution in [0.5, 0.6) is 0 Å². The number of carbonyl (C=O) groups excluding carboxylic acids is 3. The second-order valence-corrected chi connectivity index (χ2v) is 6.04. The number of carboxylic acid groups (broad SMARTS) is 1. The van der Waals surface area contributed by atoms with Gasteiger partial charge in [-0.05, 0) is 34.6 Å². The smallest absolute Gasteiger partial charge is 0.408 e. The molecule has 2 atom stereocenters. The third-order valence-electron chi connectivity index (χ3n) is 2.98. The highest BCUT2D eigenvalue weighted by Gasteiger charge is 2.48. The molecular formula is C14H20N2O6. The van der Waals surface area contributed by atoms with Gasteiger partial charge in [-0.2, -0.15) is 0 Å². The molecule has 0 aromatic carbocycles. The van der Waals surface area contributed by atoms with E-state index in [0.29, 0.717) is 0 Å². The van der Waals surface area contributed by atoms with Crippen LogP contribution in [0, 0.1) is 0 Å². The van der Waals surface area contributed by atoms with Crippen LogP contribution in [-0.2, 0) is 19.1 Å². The number of rotatable bonds is 3. The lowest BCUT2D eigenvalue weighted by Crippen LogP contribution is -2.71. The Hall–Kier alpha value is -2.38. The summed E-state index contributed by atoms with van der Waals surface area (Å²) in [5.41, 5.74) is -0.870. The average Bonchev–Trinajstić information content (AvgIpc) is 2.34. The highest BCUT2D eigenvalue weighted by Crippen LogP contribution is 2.21. The zero-order valence-corrected chi connectivity index (χ0v) is 13.2. The van der Waals surface area contributed by atoms with Crippen LogP contribution in [0.15, 0.2) is 11.6 Å². The minimum atomic E-state index is -1.24. The summed E-state index contributed by atoms with van der Waals surface area (Å²) in [6, 6.07) is -1.44. The lowest BCUT2D eigenvalue weighted by molar-refractivity contribution is -0.158. The molecule has 0 aromatic rings. The van der Waals surface area contributed by atoms with Crippen molar-refractivity contribution in [2.45, 2.75) is 52.3 Å². The van der Waals surface area contributed by atoms with E-state index in [0.717, 1.165) is 11.0 Å². The summed E-state index contributed by atoms with van der Waals surface area (Å²) >= 11 is 0. The van der Waals surface area contributed by atoms with Crippen molar-refractivity contribution >= 4 is 23.9 Å². The van der Waals surface area contributed by atoms with Crippen molar-refractivity contribution in [3.05, 3.63) is 11.6 Å². The molecule has 0 unspecified atom stereocenters. The van der Waals surface area contributed by atoms with Crippen molar-refractivity contribution < 1.29 is 29.0 Å². The molecule has 0 saturated carbocycles. The second-order valence-electron chi connectivity index (χ2n) is 6.04. The normalized spacial score (nSPS) is 22.0. The summed E-state index contributed by atoms with van der Waals surface area (Å²) < 4.78 is 5.04. The van der Waals surface area contributed by atoms with Crippen molar-refractivity contribution in [1.82, 2.24) is 10.2 Å². The van der Waals surface area contributed by atoms with E-state index >= 15 is 0 Å². The Kier molecular flexibility index (Phi) is 4.95. The average molecular weight is 312 g/mol. The van der Waals surface area contributed by atoms with Gasteiger partial charge < -0.3 is 15.2 Å². The number of likely N-dealkylation sites (tertiary alicyclic amines) is 1. The third-order valence-corrected chi connectivity index (χ3v) is 2.98. The summed E-state index contributed by atoms with van der Waals surface area (Å²) in [6.07, 6.45) is 0.127. The van der Waals surface area contributed by atoms with Crippen LogP contribution in [-0.4, -0.2) is 51.6 Å². The molecule has 22 heavy (non-hydrogen) atoms. The molecule has 3 amide bonds. The number of hydrogen-bond donors (Lipinski definition) is 2. The van der Waals surface area contributed by atoms with Gasteiger partial charge in [0.2, 0.25) is 0 Å². The molecule has 1 heterocycles. The Bertz CT molecular complexity index is 546. The molecule has 0 radical (unpaired) electrons. The number of carboxylic acids is 1. The Labute approximate surface area is 128 Å². The van der Waals surface area contributed by atoms with E-state index in [1.165, 1.54) is 6.92 Å². The fourth-order valence-corrected chi connectivity index (χ4v) is 1.87. The highest BCUT2D eigenvalue weighted by atomic mass is 16.6. The fourth-order valence-electron chi connectivity index (χ4n) is 1.87. The number of imide groups is 1. The molecule has 0 aromatic heterocycles. The van der Waals surface area contributed by atoms with Crippen LogP contribution in [0.2, 0.25) is 0 Å². The van der Waals surface area contributed by atoms with Gasteiger partial charge in [-0.15, -0.1) is 0 Å². The minimum Gasteiger partial charge on any atom is -0.478 e. The van der Waals surface area contributed by atoms with E-state index in [1.807, 2.05) is 0 Å². The maximum Gasteiger partial charge on any atom is 0.408 e. The number of aliphatic carboxylic acids is 1. The van der Waals surface area contributed by atoms with Crippen LogP contribution >= 0.6 is 0 Å². The van der Waals surface area contributed by atoms with Crippen LogP contribution in [0.4, 0.5) is 4.79 Å². The number of nitrogens with one attached hydrogen (secondary N) is 1. The van der Waals surface area contributed by atoms with Crippen molar-refractivity contribution in [3.63, 3.8) is 0 Å². The molecular weight excluding hydrogens is 292 g/mol. The summed E-state index contributed by atoms with van der Waals surface area (Å²) in [4.78, 5) is 47.0. The van der Waals surface area contributed by atoms with Crippen LogP contribution in [0.1, 0.15) is 34.6 Å². The van der Waals surface area contributed by atoms with E-state index in [9.17, 15) is 19.2 Å². The SMILES string of the molecule is CC(=CC(=O)N1C(=O)[C@@H](NC(=O)OC(C)(C)C)[C@@H]1C)C(=O)O. The number of amides is 3. The molecule has 8 heteroatoms. The molecule has 0 aliphatic carbocycles. The molecule has 8 nitrogen and oxygen atoms in total. The van der Waals surface area contributed by atoms with E-state index in [-0.39, 0.29) is 5.57 Å². The Morgan fingerprint density at radius 2 is 1.86 bits per heavy atom. The van der Waals surface area contributed by atoms with Crippen molar-refractivity contribution in [3.8, 4) is 0 Å². The molecule has 0 bridgehead atoms. The maximum atomic E-state index is 11.9. The molecule has 1 rings (SSSR count). The number of alkyl carbamates (subject to hydrolysis) is 1. The van der Waals surface area contributed by atoms with E-state index in [4.69, 9.17) is 9.84 Å². The first kappa shape index (κ1) is 17.7. The zero-order valence-electron chi connectivity index (χ0n) is 13.2. The van der Waals surface area contributed by atoms with Gasteiger partial charge in [-0.1, -0.05) is 0 Å². The van der Waals surface area contributed by atoms with Gasteiger partial charge in [0.15, 0.2) is 0 Å². The minimum absolute atomic E-state index is 0.173. The van der Waals surface area contributed by atoms with Gasteiger partial charge in [-0.25, -0.2) is 9.59 Å². The van der Waals surface area contributed by atoms with Gasteiger partial charge >= 0.3 is 12.1 Å². The molecule has 1 aliphatic heterocycles. The lowest BCUT2D eigenvalue weighted by atomic mass is 9.96. The Balaban J connectivity index is 2.68. The number of ether oxygens (including phenoxy) is 1.